The number of anilines is 1. The summed E-state index contributed by atoms with van der Waals surface area (Å²) < 4.78 is 8.71. The summed E-state index contributed by atoms with van der Waals surface area (Å²) >= 11 is 2.73. The molecule has 0 radical (unpaired) electrons. The Morgan fingerprint density at radius 3 is 2.79 bits per heavy atom. The van der Waals surface area contributed by atoms with Crippen LogP contribution >= 0.6 is 23.1 Å². The molecule has 0 unspecified atom stereocenters. The van der Waals surface area contributed by atoms with E-state index < -0.39 is 5.91 Å². The van der Waals surface area contributed by atoms with Crippen LogP contribution in [-0.2, 0) is 6.54 Å². The molecular weight excluding hydrogens is 344 g/mol. The number of rotatable bonds is 4. The van der Waals surface area contributed by atoms with Crippen LogP contribution in [0.1, 0.15) is 16.1 Å². The molecule has 3 aromatic rings. The number of piperazine rings is 1. The van der Waals surface area contributed by atoms with Crippen LogP contribution in [0.2, 0.25) is 0 Å². The number of carbonyl (C=O) groups is 1. The zero-order valence-electron chi connectivity index (χ0n) is 12.9. The molecule has 1 saturated heterocycles. The van der Waals surface area contributed by atoms with Crippen LogP contribution in [0.4, 0.5) is 5.13 Å². The number of hydrogen-bond donors (Lipinski definition) is 1. The van der Waals surface area contributed by atoms with Crippen molar-refractivity contribution in [2.45, 2.75) is 6.54 Å². The van der Waals surface area contributed by atoms with Crippen molar-refractivity contribution in [2.24, 2.45) is 5.73 Å². The van der Waals surface area contributed by atoms with Crippen molar-refractivity contribution in [2.75, 3.05) is 31.1 Å². The minimum atomic E-state index is -0.471. The Hall–Kier alpha value is -2.10. The molecule has 1 fully saturated rings. The minimum absolute atomic E-state index is 0.347. The maximum absolute atomic E-state index is 11.2. The van der Waals surface area contributed by atoms with Gasteiger partial charge in [-0.1, -0.05) is 12.1 Å². The summed E-state index contributed by atoms with van der Waals surface area (Å²) in [5, 5.41) is 2.59. The maximum Gasteiger partial charge on any atom is 0.268 e. The smallest absolute Gasteiger partial charge is 0.268 e. The van der Waals surface area contributed by atoms with Gasteiger partial charge in [0, 0.05) is 38.1 Å². The molecule has 1 aliphatic heterocycles. The average molecular weight is 360 g/mol. The number of primary amides is 1. The molecule has 0 saturated carbocycles. The maximum atomic E-state index is 11.2. The first-order valence-electron chi connectivity index (χ1n) is 7.63. The van der Waals surface area contributed by atoms with E-state index in [2.05, 4.69) is 29.6 Å². The standard InChI is InChI=1S/C15H16N6OS2/c16-14(22)12-9-23-15(17-12)21-6-4-20(5-7-21)8-10-2-1-3-11-13(10)19-24-18-11/h1-3,9H,4-8H2,(H2,16,22). The molecule has 1 aliphatic rings. The van der Waals surface area contributed by atoms with Crippen LogP contribution in [0.15, 0.2) is 23.6 Å². The summed E-state index contributed by atoms with van der Waals surface area (Å²) in [6.07, 6.45) is 0. The summed E-state index contributed by atoms with van der Waals surface area (Å²) in [6, 6.07) is 6.16. The van der Waals surface area contributed by atoms with E-state index in [1.54, 1.807) is 5.38 Å². The van der Waals surface area contributed by atoms with Crippen molar-refractivity contribution in [3.63, 3.8) is 0 Å². The van der Waals surface area contributed by atoms with Crippen molar-refractivity contribution in [1.29, 1.82) is 0 Å². The van der Waals surface area contributed by atoms with Gasteiger partial charge in [0.1, 0.15) is 16.7 Å². The molecule has 0 atom stereocenters. The Morgan fingerprint density at radius 2 is 2.04 bits per heavy atom. The Labute approximate surface area is 147 Å². The lowest BCUT2D eigenvalue weighted by Gasteiger charge is -2.34. The zero-order valence-corrected chi connectivity index (χ0v) is 14.5. The van der Waals surface area contributed by atoms with Gasteiger partial charge >= 0.3 is 0 Å². The molecule has 0 spiro atoms. The van der Waals surface area contributed by atoms with Crippen LogP contribution in [0, 0.1) is 0 Å². The van der Waals surface area contributed by atoms with Crippen LogP contribution < -0.4 is 10.6 Å². The predicted octanol–water partition coefficient (Wildman–Crippen LogP) is 1.57. The van der Waals surface area contributed by atoms with Gasteiger partial charge in [0.2, 0.25) is 0 Å². The van der Waals surface area contributed by atoms with Gasteiger partial charge in [0.05, 0.1) is 11.7 Å². The predicted molar refractivity (Wildman–Crippen MR) is 95.5 cm³/mol. The molecule has 4 rings (SSSR count). The first-order chi connectivity index (χ1) is 11.7. The highest BCUT2D eigenvalue weighted by Gasteiger charge is 2.21. The Bertz CT molecular complexity index is 868. The van der Waals surface area contributed by atoms with Crippen LogP contribution in [-0.4, -0.2) is 50.7 Å². The number of carbonyl (C=O) groups excluding carboxylic acids is 1. The van der Waals surface area contributed by atoms with Gasteiger partial charge in [-0.15, -0.1) is 11.3 Å². The number of fused-ring (bicyclic) bond motifs is 1. The van der Waals surface area contributed by atoms with Gasteiger partial charge < -0.3 is 10.6 Å². The van der Waals surface area contributed by atoms with Gasteiger partial charge in [-0.2, -0.15) is 8.75 Å². The van der Waals surface area contributed by atoms with Crippen LogP contribution in [0.5, 0.6) is 0 Å². The van der Waals surface area contributed by atoms with Crippen LogP contribution in [0.25, 0.3) is 11.0 Å². The lowest BCUT2D eigenvalue weighted by atomic mass is 10.1. The highest BCUT2D eigenvalue weighted by atomic mass is 32.1. The quantitative estimate of drug-likeness (QED) is 0.760. The molecular formula is C15H16N6OS2. The molecule has 2 N–H and O–H groups in total. The van der Waals surface area contributed by atoms with E-state index in [1.165, 1.54) is 28.6 Å². The van der Waals surface area contributed by atoms with Crippen molar-refractivity contribution in [1.82, 2.24) is 18.6 Å². The third-order valence-corrected chi connectivity index (χ3v) is 5.59. The third kappa shape index (κ3) is 2.97. The van der Waals surface area contributed by atoms with E-state index in [4.69, 9.17) is 5.73 Å². The summed E-state index contributed by atoms with van der Waals surface area (Å²) in [6.45, 7) is 4.54. The first-order valence-corrected chi connectivity index (χ1v) is 9.24. The Morgan fingerprint density at radius 1 is 1.21 bits per heavy atom. The topological polar surface area (TPSA) is 88.2 Å². The van der Waals surface area contributed by atoms with Crippen LogP contribution in [0.3, 0.4) is 0 Å². The molecule has 24 heavy (non-hydrogen) atoms. The van der Waals surface area contributed by atoms with Crippen molar-refractivity contribution >= 4 is 45.1 Å². The molecule has 9 heteroatoms. The second kappa shape index (κ2) is 6.42. The SMILES string of the molecule is NC(=O)c1csc(N2CCN(Cc3cccc4nsnc34)CC2)n1. The molecule has 0 bridgehead atoms. The fourth-order valence-electron chi connectivity index (χ4n) is 2.85. The van der Waals surface area contributed by atoms with Crippen molar-refractivity contribution in [3.8, 4) is 0 Å². The molecule has 3 heterocycles. The molecule has 1 aromatic carbocycles. The number of nitrogens with zero attached hydrogens (tertiary/aromatic N) is 5. The number of thiazole rings is 1. The summed E-state index contributed by atoms with van der Waals surface area (Å²) in [5.41, 5.74) is 8.82. The summed E-state index contributed by atoms with van der Waals surface area (Å²) in [5.74, 6) is -0.471. The Balaban J connectivity index is 1.41. The number of benzene rings is 1. The van der Waals surface area contributed by atoms with E-state index >= 15 is 0 Å². The van der Waals surface area contributed by atoms with E-state index in [1.807, 2.05) is 12.1 Å². The van der Waals surface area contributed by atoms with Gasteiger partial charge in [0.25, 0.3) is 5.91 Å². The molecule has 2 aromatic heterocycles. The molecule has 7 nitrogen and oxygen atoms in total. The Kier molecular flexibility index (Phi) is 4.13. The van der Waals surface area contributed by atoms with E-state index in [-0.39, 0.29) is 0 Å². The van der Waals surface area contributed by atoms with Gasteiger partial charge in [0.15, 0.2) is 5.13 Å². The second-order valence-electron chi connectivity index (χ2n) is 5.69. The van der Waals surface area contributed by atoms with E-state index in [9.17, 15) is 4.79 Å². The lowest BCUT2D eigenvalue weighted by molar-refractivity contribution is 0.0996. The number of amides is 1. The third-order valence-electron chi connectivity index (χ3n) is 4.15. The van der Waals surface area contributed by atoms with Gasteiger partial charge in [-0.25, -0.2) is 4.98 Å². The fraction of sp³-hybridized carbons (Fsp3) is 0.333. The normalized spacial score (nSPS) is 15.9. The number of hydrogen-bond acceptors (Lipinski definition) is 8. The van der Waals surface area contributed by atoms with Gasteiger partial charge in [-0.3, -0.25) is 9.69 Å². The fourth-order valence-corrected chi connectivity index (χ4v) is 4.29. The van der Waals surface area contributed by atoms with Crippen molar-refractivity contribution in [3.05, 3.63) is 34.8 Å². The lowest BCUT2D eigenvalue weighted by Crippen LogP contribution is -2.46. The summed E-state index contributed by atoms with van der Waals surface area (Å²) in [4.78, 5) is 20.1. The number of nitrogens with two attached hydrogens (primary N) is 1. The minimum Gasteiger partial charge on any atom is -0.364 e. The summed E-state index contributed by atoms with van der Waals surface area (Å²) in [7, 11) is 0. The highest BCUT2D eigenvalue weighted by molar-refractivity contribution is 7.13. The van der Waals surface area contributed by atoms with E-state index in [0.29, 0.717) is 5.69 Å². The highest BCUT2D eigenvalue weighted by Crippen LogP contribution is 2.23. The number of aromatic nitrogens is 3. The monoisotopic (exact) mass is 360 g/mol. The van der Waals surface area contributed by atoms with E-state index in [0.717, 1.165) is 48.9 Å². The largest absolute Gasteiger partial charge is 0.364 e. The van der Waals surface area contributed by atoms with Crippen molar-refractivity contribution < 1.29 is 4.79 Å². The second-order valence-corrected chi connectivity index (χ2v) is 7.06. The first kappa shape index (κ1) is 15.4. The zero-order chi connectivity index (χ0) is 16.5. The molecule has 124 valence electrons. The molecule has 0 aliphatic carbocycles. The average Bonchev–Trinajstić information content (AvgIpc) is 3.25. The van der Waals surface area contributed by atoms with Gasteiger partial charge in [-0.05, 0) is 11.6 Å². The molecule has 1 amide bonds.